The number of benzene rings is 2. The zero-order valence-corrected chi connectivity index (χ0v) is 12.3. The summed E-state index contributed by atoms with van der Waals surface area (Å²) >= 11 is 9.58. The Kier molecular flexibility index (Phi) is 3.21. The Morgan fingerprint density at radius 2 is 2.05 bits per heavy atom. The van der Waals surface area contributed by atoms with Crippen molar-refractivity contribution < 1.29 is 0 Å². The summed E-state index contributed by atoms with van der Waals surface area (Å²) in [7, 11) is 0. The Balaban J connectivity index is 2.03. The maximum Gasteiger partial charge on any atom is 0.112 e. The third kappa shape index (κ3) is 2.46. The van der Waals surface area contributed by atoms with Gasteiger partial charge in [-0.05, 0) is 23.8 Å². The van der Waals surface area contributed by atoms with E-state index in [2.05, 4.69) is 25.9 Å². The Labute approximate surface area is 123 Å². The SMILES string of the molecule is Nc1cc(Br)cc2[nH]c(Cc3ccccc3Cl)nc12. The number of rotatable bonds is 2. The summed E-state index contributed by atoms with van der Waals surface area (Å²) < 4.78 is 0.936. The van der Waals surface area contributed by atoms with Gasteiger partial charge in [0.25, 0.3) is 0 Å². The molecule has 0 fully saturated rings. The van der Waals surface area contributed by atoms with Crippen LogP contribution in [0.3, 0.4) is 0 Å². The predicted molar refractivity (Wildman–Crippen MR) is 82.5 cm³/mol. The van der Waals surface area contributed by atoms with Crippen molar-refractivity contribution in [1.82, 2.24) is 9.97 Å². The molecule has 1 heterocycles. The predicted octanol–water partition coefficient (Wildman–Crippen LogP) is 4.15. The standard InChI is InChI=1S/C14H11BrClN3/c15-9-6-11(17)14-12(7-9)18-13(19-14)5-8-3-1-2-4-10(8)16/h1-4,6-7H,5,17H2,(H,18,19). The van der Waals surface area contributed by atoms with Crippen LogP contribution in [0.25, 0.3) is 11.0 Å². The normalized spacial score (nSPS) is 11.1. The van der Waals surface area contributed by atoms with Gasteiger partial charge < -0.3 is 10.7 Å². The number of nitrogens with one attached hydrogen (secondary N) is 1. The number of nitrogens with two attached hydrogens (primary N) is 1. The molecule has 0 aliphatic heterocycles. The molecule has 19 heavy (non-hydrogen) atoms. The highest BCUT2D eigenvalue weighted by Gasteiger charge is 2.09. The van der Waals surface area contributed by atoms with Crippen molar-refractivity contribution >= 4 is 44.3 Å². The average molecular weight is 337 g/mol. The fourth-order valence-electron chi connectivity index (χ4n) is 2.06. The molecule has 0 spiro atoms. The molecule has 0 radical (unpaired) electrons. The summed E-state index contributed by atoms with van der Waals surface area (Å²) in [4.78, 5) is 7.80. The Morgan fingerprint density at radius 3 is 2.84 bits per heavy atom. The van der Waals surface area contributed by atoms with Gasteiger partial charge in [0.15, 0.2) is 0 Å². The van der Waals surface area contributed by atoms with Crippen molar-refractivity contribution in [1.29, 1.82) is 0 Å². The summed E-state index contributed by atoms with van der Waals surface area (Å²) in [6.45, 7) is 0. The van der Waals surface area contributed by atoms with Crippen LogP contribution in [0, 0.1) is 0 Å². The van der Waals surface area contributed by atoms with Gasteiger partial charge in [0.2, 0.25) is 0 Å². The number of anilines is 1. The van der Waals surface area contributed by atoms with Gasteiger partial charge in [-0.3, -0.25) is 0 Å². The first-order valence-electron chi connectivity index (χ1n) is 5.80. The molecule has 0 aliphatic carbocycles. The van der Waals surface area contributed by atoms with Crippen LogP contribution in [0.5, 0.6) is 0 Å². The van der Waals surface area contributed by atoms with Gasteiger partial charge in [-0.25, -0.2) is 4.98 Å². The van der Waals surface area contributed by atoms with Gasteiger partial charge in [-0.1, -0.05) is 45.7 Å². The van der Waals surface area contributed by atoms with Crippen LogP contribution in [-0.2, 0) is 6.42 Å². The Bertz CT molecular complexity index is 752. The Hall–Kier alpha value is -1.52. The van der Waals surface area contributed by atoms with Gasteiger partial charge in [0.05, 0.1) is 11.2 Å². The molecular weight excluding hydrogens is 326 g/mol. The highest BCUT2D eigenvalue weighted by atomic mass is 79.9. The molecular formula is C14H11BrClN3. The highest BCUT2D eigenvalue weighted by molar-refractivity contribution is 9.10. The molecule has 0 atom stereocenters. The maximum atomic E-state index is 6.16. The lowest BCUT2D eigenvalue weighted by molar-refractivity contribution is 1.04. The molecule has 3 N–H and O–H groups in total. The van der Waals surface area contributed by atoms with Crippen molar-refractivity contribution in [3.63, 3.8) is 0 Å². The van der Waals surface area contributed by atoms with E-state index in [9.17, 15) is 0 Å². The van der Waals surface area contributed by atoms with Crippen LogP contribution in [0.4, 0.5) is 5.69 Å². The van der Waals surface area contributed by atoms with Crippen molar-refractivity contribution in [3.8, 4) is 0 Å². The van der Waals surface area contributed by atoms with E-state index in [1.165, 1.54) is 0 Å². The molecule has 0 amide bonds. The summed E-state index contributed by atoms with van der Waals surface area (Å²) in [6.07, 6.45) is 0.658. The molecule has 96 valence electrons. The molecule has 5 heteroatoms. The van der Waals surface area contributed by atoms with Crippen molar-refractivity contribution in [2.45, 2.75) is 6.42 Å². The van der Waals surface area contributed by atoms with Crippen LogP contribution >= 0.6 is 27.5 Å². The third-order valence-electron chi connectivity index (χ3n) is 2.95. The summed E-state index contributed by atoms with van der Waals surface area (Å²) in [5.41, 5.74) is 9.38. The Morgan fingerprint density at radius 1 is 1.26 bits per heavy atom. The minimum Gasteiger partial charge on any atom is -0.397 e. The summed E-state index contributed by atoms with van der Waals surface area (Å²) in [6, 6.07) is 11.6. The lowest BCUT2D eigenvalue weighted by Gasteiger charge is -2.00. The van der Waals surface area contributed by atoms with Crippen LogP contribution in [-0.4, -0.2) is 9.97 Å². The first-order chi connectivity index (χ1) is 9.13. The fourth-order valence-corrected chi connectivity index (χ4v) is 2.74. The smallest absolute Gasteiger partial charge is 0.112 e. The monoisotopic (exact) mass is 335 g/mol. The second-order valence-corrected chi connectivity index (χ2v) is 5.67. The molecule has 3 rings (SSSR count). The third-order valence-corrected chi connectivity index (χ3v) is 3.77. The highest BCUT2D eigenvalue weighted by Crippen LogP contribution is 2.26. The first kappa shape index (κ1) is 12.5. The number of hydrogen-bond donors (Lipinski definition) is 2. The van der Waals surface area contributed by atoms with Crippen LogP contribution in [0.15, 0.2) is 40.9 Å². The van der Waals surface area contributed by atoms with Crippen LogP contribution in [0.2, 0.25) is 5.02 Å². The number of imidazole rings is 1. The van der Waals surface area contributed by atoms with E-state index >= 15 is 0 Å². The largest absolute Gasteiger partial charge is 0.397 e. The molecule has 0 unspecified atom stereocenters. The van der Waals surface area contributed by atoms with E-state index in [1.807, 2.05) is 36.4 Å². The van der Waals surface area contributed by atoms with Crippen LogP contribution in [0.1, 0.15) is 11.4 Å². The van der Waals surface area contributed by atoms with Gasteiger partial charge in [0.1, 0.15) is 11.3 Å². The number of hydrogen-bond acceptors (Lipinski definition) is 2. The van der Waals surface area contributed by atoms with E-state index in [4.69, 9.17) is 17.3 Å². The molecule has 0 saturated carbocycles. The van der Waals surface area contributed by atoms with E-state index in [0.717, 1.165) is 31.9 Å². The van der Waals surface area contributed by atoms with E-state index in [-0.39, 0.29) is 0 Å². The topological polar surface area (TPSA) is 54.7 Å². The van der Waals surface area contributed by atoms with Crippen molar-refractivity contribution in [3.05, 3.63) is 57.3 Å². The second kappa shape index (κ2) is 4.87. The number of halogens is 2. The molecule has 3 aromatic rings. The van der Waals surface area contributed by atoms with Gasteiger partial charge >= 0.3 is 0 Å². The zero-order valence-electron chi connectivity index (χ0n) is 9.95. The summed E-state index contributed by atoms with van der Waals surface area (Å²) in [5, 5.41) is 0.747. The quantitative estimate of drug-likeness (QED) is 0.691. The van der Waals surface area contributed by atoms with E-state index in [0.29, 0.717) is 12.1 Å². The van der Waals surface area contributed by atoms with E-state index < -0.39 is 0 Å². The lowest BCUT2D eigenvalue weighted by Crippen LogP contribution is -1.91. The number of nitrogen functional groups attached to an aromatic ring is 1. The molecule has 0 bridgehead atoms. The molecule has 2 aromatic carbocycles. The molecule has 3 nitrogen and oxygen atoms in total. The van der Waals surface area contributed by atoms with E-state index in [1.54, 1.807) is 0 Å². The minimum absolute atomic E-state index is 0.658. The maximum absolute atomic E-state index is 6.16. The van der Waals surface area contributed by atoms with Crippen molar-refractivity contribution in [2.24, 2.45) is 0 Å². The molecule has 1 aromatic heterocycles. The zero-order chi connectivity index (χ0) is 13.4. The fraction of sp³-hybridized carbons (Fsp3) is 0.0714. The first-order valence-corrected chi connectivity index (χ1v) is 6.97. The van der Waals surface area contributed by atoms with Gasteiger partial charge in [0, 0.05) is 15.9 Å². The lowest BCUT2D eigenvalue weighted by atomic mass is 10.1. The molecule has 0 aliphatic rings. The second-order valence-electron chi connectivity index (χ2n) is 4.34. The van der Waals surface area contributed by atoms with Gasteiger partial charge in [-0.2, -0.15) is 0 Å². The number of H-pyrrole nitrogens is 1. The number of fused-ring (bicyclic) bond motifs is 1. The number of aromatic amines is 1. The van der Waals surface area contributed by atoms with Crippen LogP contribution < -0.4 is 5.73 Å². The van der Waals surface area contributed by atoms with Gasteiger partial charge in [-0.15, -0.1) is 0 Å². The number of nitrogens with zero attached hydrogens (tertiary/aromatic N) is 1. The minimum atomic E-state index is 0.658. The van der Waals surface area contributed by atoms with Crippen molar-refractivity contribution in [2.75, 3.05) is 5.73 Å². The summed E-state index contributed by atoms with van der Waals surface area (Å²) in [5.74, 6) is 0.855. The average Bonchev–Trinajstić information content (AvgIpc) is 2.75. The molecule has 0 saturated heterocycles. The number of aromatic nitrogens is 2.